The predicted molar refractivity (Wildman–Crippen MR) is 202 cm³/mol. The van der Waals surface area contributed by atoms with Gasteiger partial charge in [0, 0.05) is 43.9 Å². The number of nitrogens with one attached hydrogen (secondary N) is 1. The number of ether oxygens (including phenoxy) is 2. The van der Waals surface area contributed by atoms with Gasteiger partial charge < -0.3 is 14.8 Å². The lowest BCUT2D eigenvalue weighted by molar-refractivity contribution is -0.742. The average molecular weight is 726 g/mol. The highest BCUT2D eigenvalue weighted by Crippen LogP contribution is 2.37. The Morgan fingerprint density at radius 1 is 0.759 bits per heavy atom. The Balaban J connectivity index is 1.40. The Morgan fingerprint density at radius 3 is 2.28 bits per heavy atom. The summed E-state index contributed by atoms with van der Waals surface area (Å²) in [5.41, 5.74) is 7.51. The summed E-state index contributed by atoms with van der Waals surface area (Å²) < 4.78 is 16.1. The molecule has 0 saturated heterocycles. The molecule has 7 heterocycles. The maximum atomic E-state index is 13.8. The Hall–Kier alpha value is -5.55. The molecular weight excluding hydrogens is 679 g/mol. The first-order chi connectivity index (χ1) is 26.4. The topological polar surface area (TPSA) is 114 Å². The summed E-state index contributed by atoms with van der Waals surface area (Å²) in [6.45, 7) is 7.84. The monoisotopic (exact) mass is 725 g/mol. The summed E-state index contributed by atoms with van der Waals surface area (Å²) in [7, 11) is 0. The van der Waals surface area contributed by atoms with Crippen LogP contribution >= 0.6 is 0 Å². The number of anilines is 1. The molecule has 0 spiro atoms. The lowest BCUT2D eigenvalue weighted by atomic mass is 9.99. The van der Waals surface area contributed by atoms with E-state index in [0.29, 0.717) is 30.4 Å². The number of nitrogens with zero attached hydrogens (tertiary/aromatic N) is 6. The maximum Gasteiger partial charge on any atom is 0.340 e. The van der Waals surface area contributed by atoms with Gasteiger partial charge in [-0.3, -0.25) is 4.98 Å². The lowest BCUT2D eigenvalue weighted by Crippen LogP contribution is -2.48. The fourth-order valence-corrected chi connectivity index (χ4v) is 8.49. The molecule has 54 heavy (non-hydrogen) atoms. The SMILES string of the molecule is CCOC(=O)c1cc(C(=O)OCC)c2nc1CNCc1cccc(n1)-c1cccc3[n+]1C1CC(C)CCC(C1)[n+]1c(cccc1-c1ccccn1)CN3C2. The molecule has 276 valence electrons. The van der Waals surface area contributed by atoms with Gasteiger partial charge in [0.15, 0.2) is 18.3 Å². The maximum absolute atomic E-state index is 13.8. The van der Waals surface area contributed by atoms with E-state index in [1.807, 2.05) is 24.4 Å². The van der Waals surface area contributed by atoms with E-state index in [9.17, 15) is 9.59 Å². The summed E-state index contributed by atoms with van der Waals surface area (Å²) in [5, 5.41) is 3.47. The van der Waals surface area contributed by atoms with Gasteiger partial charge in [0.2, 0.25) is 11.4 Å². The van der Waals surface area contributed by atoms with Gasteiger partial charge in [0.05, 0.1) is 47.8 Å². The van der Waals surface area contributed by atoms with Gasteiger partial charge in [-0.05, 0) is 81.1 Å². The van der Waals surface area contributed by atoms with Crippen molar-refractivity contribution in [2.45, 2.75) is 84.7 Å². The molecule has 5 aromatic heterocycles. The number of pyridine rings is 5. The van der Waals surface area contributed by atoms with Crippen LogP contribution in [0.4, 0.5) is 5.82 Å². The van der Waals surface area contributed by atoms with E-state index in [1.165, 1.54) is 0 Å². The lowest BCUT2D eigenvalue weighted by Gasteiger charge is -2.25. The summed E-state index contributed by atoms with van der Waals surface area (Å²) in [6.07, 6.45) is 5.96. The first kappa shape index (κ1) is 35.5. The molecule has 5 aromatic rings. The van der Waals surface area contributed by atoms with Gasteiger partial charge in [-0.1, -0.05) is 19.1 Å². The molecule has 0 radical (unpaired) electrons. The van der Waals surface area contributed by atoms with Crippen LogP contribution in [0.25, 0.3) is 22.8 Å². The van der Waals surface area contributed by atoms with Gasteiger partial charge in [-0.15, -0.1) is 0 Å². The Bertz CT molecular complexity index is 2190. The summed E-state index contributed by atoms with van der Waals surface area (Å²) in [6, 6.07) is 27.2. The third-order valence-electron chi connectivity index (χ3n) is 10.8. The molecule has 1 aliphatic carbocycles. The van der Waals surface area contributed by atoms with Crippen molar-refractivity contribution < 1.29 is 28.2 Å². The molecule has 11 heteroatoms. The number of esters is 2. The molecule has 3 aliphatic rings. The minimum Gasteiger partial charge on any atom is -0.462 e. The van der Waals surface area contributed by atoms with E-state index < -0.39 is 11.9 Å². The Labute approximate surface area is 316 Å². The summed E-state index contributed by atoms with van der Waals surface area (Å²) in [4.78, 5) is 44.6. The highest BCUT2D eigenvalue weighted by molar-refractivity contribution is 5.96. The first-order valence-corrected chi connectivity index (χ1v) is 19.2. The highest BCUT2D eigenvalue weighted by Gasteiger charge is 2.42. The van der Waals surface area contributed by atoms with Gasteiger partial charge in [0.25, 0.3) is 5.82 Å². The van der Waals surface area contributed by atoms with E-state index in [0.717, 1.165) is 65.7 Å². The molecule has 1 saturated carbocycles. The van der Waals surface area contributed by atoms with Crippen LogP contribution in [0.1, 0.15) is 102 Å². The Morgan fingerprint density at radius 2 is 1.50 bits per heavy atom. The average Bonchev–Trinajstić information content (AvgIpc) is 3.35. The minimum atomic E-state index is -0.529. The van der Waals surface area contributed by atoms with Gasteiger partial charge >= 0.3 is 11.9 Å². The van der Waals surface area contributed by atoms with Crippen LogP contribution < -0.4 is 19.4 Å². The number of carbonyl (C=O) groups excluding carboxylic acids is 2. The number of aromatic nitrogens is 5. The van der Waals surface area contributed by atoms with Crippen molar-refractivity contribution in [2.24, 2.45) is 5.92 Å². The van der Waals surface area contributed by atoms with Crippen LogP contribution in [-0.4, -0.2) is 40.1 Å². The van der Waals surface area contributed by atoms with Crippen LogP contribution in [-0.2, 0) is 35.7 Å². The highest BCUT2D eigenvalue weighted by atomic mass is 16.5. The van der Waals surface area contributed by atoms with Crippen LogP contribution in [0.3, 0.4) is 0 Å². The number of carbonyl (C=O) groups is 2. The molecule has 11 nitrogen and oxygen atoms in total. The second-order valence-corrected chi connectivity index (χ2v) is 14.5. The van der Waals surface area contributed by atoms with E-state index in [1.54, 1.807) is 19.9 Å². The molecule has 1 N–H and O–H groups in total. The zero-order chi connectivity index (χ0) is 37.2. The fourth-order valence-electron chi connectivity index (χ4n) is 8.49. The third kappa shape index (κ3) is 6.96. The molecule has 1 fully saturated rings. The molecule has 10 bridgehead atoms. The summed E-state index contributed by atoms with van der Waals surface area (Å²) in [5.74, 6) is 0.455. The van der Waals surface area contributed by atoms with Crippen molar-refractivity contribution in [1.82, 2.24) is 20.3 Å². The van der Waals surface area contributed by atoms with Crippen molar-refractivity contribution in [2.75, 3.05) is 18.1 Å². The predicted octanol–water partition coefficient (Wildman–Crippen LogP) is 6.25. The normalized spacial score (nSPS) is 19.2. The fraction of sp³-hybridized carbons (Fsp3) is 0.372. The van der Waals surface area contributed by atoms with Crippen molar-refractivity contribution >= 4 is 17.8 Å². The standard InChI is InChI=1S/C43H47N7O4/c1-4-53-42(51)33-23-34(43(52)54-5-2)38-27-48-26-31-12-9-15-39(35-13-6-7-20-45-35)49(31)30-19-18-28(3)21-32(22-30)50-40(16-10-17-41(48)50)36-14-8-11-29(46-36)24-44-25-37(33)47-38/h6-17,20,23,28,30,32,44H,4-5,18-19,21-22,24-27H2,1-3H3/q+2. The smallest absolute Gasteiger partial charge is 0.340 e. The number of fused-ring (bicyclic) bond motifs is 9. The van der Waals surface area contributed by atoms with Crippen LogP contribution in [0.5, 0.6) is 0 Å². The van der Waals surface area contributed by atoms with E-state index in [2.05, 4.69) is 80.9 Å². The zero-order valence-corrected chi connectivity index (χ0v) is 31.2. The van der Waals surface area contributed by atoms with Crippen molar-refractivity contribution in [3.8, 4) is 22.8 Å². The van der Waals surface area contributed by atoms with Gasteiger partial charge in [0.1, 0.15) is 24.0 Å². The van der Waals surface area contributed by atoms with Crippen LogP contribution in [0.2, 0.25) is 0 Å². The van der Waals surface area contributed by atoms with Crippen molar-refractivity contribution in [3.63, 3.8) is 0 Å². The minimum absolute atomic E-state index is 0.146. The number of hydrogen-bond acceptors (Lipinski definition) is 9. The molecular formula is C43H47N7O4+2. The third-order valence-corrected chi connectivity index (χ3v) is 10.8. The zero-order valence-electron chi connectivity index (χ0n) is 31.2. The largest absolute Gasteiger partial charge is 0.462 e. The van der Waals surface area contributed by atoms with E-state index >= 15 is 0 Å². The molecule has 8 rings (SSSR count). The van der Waals surface area contributed by atoms with E-state index in [-0.39, 0.29) is 49.5 Å². The van der Waals surface area contributed by atoms with Crippen LogP contribution in [0.15, 0.2) is 85.1 Å². The van der Waals surface area contributed by atoms with Crippen molar-refractivity contribution in [3.05, 3.63) is 119 Å². The van der Waals surface area contributed by atoms with E-state index in [4.69, 9.17) is 24.4 Å². The molecule has 0 aromatic carbocycles. The second-order valence-electron chi connectivity index (χ2n) is 14.5. The summed E-state index contributed by atoms with van der Waals surface area (Å²) >= 11 is 0. The number of hydrogen-bond donors (Lipinski definition) is 1. The van der Waals surface area contributed by atoms with Gasteiger partial charge in [-0.25, -0.2) is 29.0 Å². The number of rotatable bonds is 5. The molecule has 3 unspecified atom stereocenters. The van der Waals surface area contributed by atoms with Gasteiger partial charge in [-0.2, -0.15) is 4.57 Å². The molecule has 3 atom stereocenters. The molecule has 2 aliphatic heterocycles. The second kappa shape index (κ2) is 15.4. The molecule has 0 amide bonds. The quantitative estimate of drug-likeness (QED) is 0.166. The Kier molecular flexibility index (Phi) is 10.1. The van der Waals surface area contributed by atoms with Crippen LogP contribution in [0, 0.1) is 5.92 Å². The van der Waals surface area contributed by atoms with Crippen molar-refractivity contribution in [1.29, 1.82) is 0 Å². The first-order valence-electron chi connectivity index (χ1n) is 19.2.